The molecule has 0 unspecified atom stereocenters. The topological polar surface area (TPSA) is 69.9 Å². The Morgan fingerprint density at radius 1 is 1.10 bits per heavy atom. The number of hydrogen-bond acceptors (Lipinski definition) is 6. The van der Waals surface area contributed by atoms with Crippen LogP contribution in [-0.4, -0.2) is 17.1 Å². The van der Waals surface area contributed by atoms with Gasteiger partial charge in [0.05, 0.1) is 29.5 Å². The summed E-state index contributed by atoms with van der Waals surface area (Å²) in [6.07, 6.45) is 1.84. The van der Waals surface area contributed by atoms with E-state index in [1.807, 2.05) is 60.7 Å². The van der Waals surface area contributed by atoms with Gasteiger partial charge in [-0.2, -0.15) is 0 Å². The van der Waals surface area contributed by atoms with Crippen molar-refractivity contribution < 1.29 is 14.3 Å². The van der Waals surface area contributed by atoms with E-state index in [1.54, 1.807) is 19.9 Å². The molecule has 1 aliphatic rings. The quantitative estimate of drug-likeness (QED) is 0.150. The second-order valence-corrected chi connectivity index (χ2v) is 13.2. The van der Waals surface area contributed by atoms with E-state index in [0.717, 1.165) is 24.0 Å². The van der Waals surface area contributed by atoms with Crippen molar-refractivity contribution in [3.63, 3.8) is 0 Å². The van der Waals surface area contributed by atoms with Gasteiger partial charge in [0, 0.05) is 10.0 Å². The molecule has 1 aliphatic heterocycles. The van der Waals surface area contributed by atoms with Gasteiger partial charge in [-0.1, -0.05) is 64.9 Å². The molecule has 2 heterocycles. The number of fused-ring (bicyclic) bond motifs is 1. The number of hydrogen-bond donors (Lipinski definition) is 0. The van der Waals surface area contributed by atoms with Crippen LogP contribution in [-0.2, 0) is 16.1 Å². The van der Waals surface area contributed by atoms with E-state index in [4.69, 9.17) is 32.7 Å². The summed E-state index contributed by atoms with van der Waals surface area (Å²) in [5, 5.41) is 1.11. The lowest BCUT2D eigenvalue weighted by molar-refractivity contribution is -0.139. The summed E-state index contributed by atoms with van der Waals surface area (Å²) in [6, 6.07) is 17.9. The number of aromatic nitrogens is 1. The van der Waals surface area contributed by atoms with Gasteiger partial charge in [-0.15, -0.1) is 0 Å². The van der Waals surface area contributed by atoms with Gasteiger partial charge in [-0.05, 0) is 112 Å². The molecule has 0 amide bonds. The van der Waals surface area contributed by atoms with Crippen molar-refractivity contribution in [3.8, 4) is 5.75 Å². The fraction of sp³-hybridized carbons (Fsp3) is 0.167. The normalized spacial score (nSPS) is 15.0. The highest BCUT2D eigenvalue weighted by Crippen LogP contribution is 2.34. The molecule has 1 aromatic heterocycles. The van der Waals surface area contributed by atoms with Crippen molar-refractivity contribution in [2.45, 2.75) is 26.5 Å². The van der Waals surface area contributed by atoms with Gasteiger partial charge >= 0.3 is 5.97 Å². The Bertz CT molecular complexity index is 1860. The zero-order valence-corrected chi connectivity index (χ0v) is 28.4. The third kappa shape index (κ3) is 6.43. The van der Waals surface area contributed by atoms with Crippen LogP contribution in [0.4, 0.5) is 0 Å². The highest BCUT2D eigenvalue weighted by atomic mass is 127. The standard InChI is InChI=1S/C30H22Cl2I2N2O4S/c1-3-39-29(38)25-16(2)35-30-36(26(25)20-9-4-5-10-21(20)32)28(37)24(41-30)14-18-12-22(33)27(23(34)13-18)40-15-17-7-6-8-19(31)11-17/h4-14,26H,3,15H2,1-2H3/b24-14-/t26-/m0/s1. The van der Waals surface area contributed by atoms with Gasteiger partial charge in [0.15, 0.2) is 4.80 Å². The summed E-state index contributed by atoms with van der Waals surface area (Å²) in [5.74, 6) is 0.239. The molecule has 0 spiro atoms. The summed E-state index contributed by atoms with van der Waals surface area (Å²) < 4.78 is 15.3. The average molecular weight is 831 g/mol. The van der Waals surface area contributed by atoms with E-state index in [2.05, 4.69) is 50.2 Å². The van der Waals surface area contributed by atoms with E-state index in [0.29, 0.717) is 42.8 Å². The van der Waals surface area contributed by atoms with Crippen molar-refractivity contribution in [2.75, 3.05) is 6.61 Å². The van der Waals surface area contributed by atoms with E-state index in [-0.39, 0.29) is 12.2 Å². The first kappa shape index (κ1) is 30.3. The van der Waals surface area contributed by atoms with Crippen molar-refractivity contribution in [2.24, 2.45) is 4.99 Å². The van der Waals surface area contributed by atoms with Gasteiger partial charge < -0.3 is 9.47 Å². The molecule has 1 atom stereocenters. The largest absolute Gasteiger partial charge is 0.487 e. The van der Waals surface area contributed by atoms with Crippen molar-refractivity contribution in [1.82, 2.24) is 4.57 Å². The SMILES string of the molecule is CCOC(=O)C1=C(C)N=c2s/c(=C\c3cc(I)c(OCc4cccc(Cl)c4)c(I)c3)c(=O)n2[C@H]1c1ccccc1Cl. The van der Waals surface area contributed by atoms with Crippen LogP contribution in [0.15, 0.2) is 81.7 Å². The summed E-state index contributed by atoms with van der Waals surface area (Å²) in [5.41, 5.74) is 2.97. The number of nitrogens with zero attached hydrogens (tertiary/aromatic N) is 2. The molecule has 210 valence electrons. The van der Waals surface area contributed by atoms with Gasteiger partial charge in [-0.3, -0.25) is 9.36 Å². The van der Waals surface area contributed by atoms with Gasteiger partial charge in [0.25, 0.3) is 5.56 Å². The molecule has 0 saturated heterocycles. The monoisotopic (exact) mass is 830 g/mol. The van der Waals surface area contributed by atoms with Gasteiger partial charge in [-0.25, -0.2) is 9.79 Å². The number of esters is 1. The Morgan fingerprint density at radius 3 is 2.51 bits per heavy atom. The fourth-order valence-electron chi connectivity index (χ4n) is 4.52. The van der Waals surface area contributed by atoms with Crippen LogP contribution >= 0.6 is 79.7 Å². The predicted molar refractivity (Wildman–Crippen MR) is 180 cm³/mol. The highest BCUT2D eigenvalue weighted by Gasteiger charge is 2.34. The first-order valence-corrected chi connectivity index (χ1v) is 16.2. The summed E-state index contributed by atoms with van der Waals surface area (Å²) in [6.45, 7) is 4.07. The molecule has 0 radical (unpaired) electrons. The number of carbonyl (C=O) groups is 1. The first-order valence-electron chi connectivity index (χ1n) is 12.5. The maximum atomic E-state index is 13.9. The zero-order valence-electron chi connectivity index (χ0n) is 21.8. The lowest BCUT2D eigenvalue weighted by Gasteiger charge is -2.25. The molecule has 0 N–H and O–H groups in total. The maximum absolute atomic E-state index is 13.9. The minimum Gasteiger partial charge on any atom is -0.487 e. The maximum Gasteiger partial charge on any atom is 0.338 e. The molecular weight excluding hydrogens is 809 g/mol. The van der Waals surface area contributed by atoms with Crippen molar-refractivity contribution in [1.29, 1.82) is 0 Å². The van der Waals surface area contributed by atoms with Crippen molar-refractivity contribution >= 4 is 91.8 Å². The van der Waals surface area contributed by atoms with Crippen LogP contribution in [0, 0.1) is 7.14 Å². The smallest absolute Gasteiger partial charge is 0.338 e. The minimum atomic E-state index is -0.760. The fourth-order valence-corrected chi connectivity index (χ4v) is 8.14. The van der Waals surface area contributed by atoms with E-state index < -0.39 is 12.0 Å². The average Bonchev–Trinajstić information content (AvgIpc) is 3.22. The summed E-state index contributed by atoms with van der Waals surface area (Å²) >= 11 is 18.4. The number of benzene rings is 3. The van der Waals surface area contributed by atoms with Crippen LogP contribution in [0.2, 0.25) is 10.0 Å². The molecule has 5 rings (SSSR count). The van der Waals surface area contributed by atoms with Gasteiger partial charge in [0.1, 0.15) is 18.4 Å². The number of allylic oxidation sites excluding steroid dienone is 1. The molecule has 4 aromatic rings. The number of halogens is 4. The highest BCUT2D eigenvalue weighted by molar-refractivity contribution is 14.1. The van der Waals surface area contributed by atoms with E-state index in [1.165, 1.54) is 15.9 Å². The number of ether oxygens (including phenoxy) is 2. The molecule has 11 heteroatoms. The Balaban J connectivity index is 1.56. The first-order chi connectivity index (χ1) is 19.7. The second kappa shape index (κ2) is 13.0. The molecule has 0 fully saturated rings. The molecule has 41 heavy (non-hydrogen) atoms. The summed E-state index contributed by atoms with van der Waals surface area (Å²) in [7, 11) is 0. The van der Waals surface area contributed by atoms with Crippen molar-refractivity contribution in [3.05, 3.63) is 125 Å². The van der Waals surface area contributed by atoms with Gasteiger partial charge in [0.2, 0.25) is 0 Å². The van der Waals surface area contributed by atoms with Crippen LogP contribution in [0.3, 0.4) is 0 Å². The van der Waals surface area contributed by atoms with Crippen LogP contribution < -0.4 is 19.6 Å². The number of thiazole rings is 1. The molecule has 0 bridgehead atoms. The second-order valence-electron chi connectivity index (χ2n) is 9.06. The lowest BCUT2D eigenvalue weighted by Crippen LogP contribution is -2.40. The third-order valence-electron chi connectivity index (χ3n) is 6.31. The Hall–Kier alpha value is -2.19. The van der Waals surface area contributed by atoms with E-state index in [9.17, 15) is 9.59 Å². The molecular formula is C30H22Cl2I2N2O4S. The number of rotatable bonds is 7. The lowest BCUT2D eigenvalue weighted by atomic mass is 9.96. The third-order valence-corrected chi connectivity index (χ3v) is 9.47. The summed E-state index contributed by atoms with van der Waals surface area (Å²) in [4.78, 5) is 32.1. The van der Waals surface area contributed by atoms with Crippen LogP contribution in [0.25, 0.3) is 6.08 Å². The number of carbonyl (C=O) groups excluding carboxylic acids is 1. The molecule has 0 saturated carbocycles. The predicted octanol–water partition coefficient (Wildman–Crippen LogP) is 6.89. The van der Waals surface area contributed by atoms with E-state index >= 15 is 0 Å². The molecule has 3 aromatic carbocycles. The minimum absolute atomic E-state index is 0.200. The molecule has 0 aliphatic carbocycles. The van der Waals surface area contributed by atoms with Crippen LogP contribution in [0.1, 0.15) is 36.6 Å². The Kier molecular flexibility index (Phi) is 9.59. The Morgan fingerprint density at radius 2 is 1.83 bits per heavy atom. The zero-order chi connectivity index (χ0) is 29.3. The Labute approximate surface area is 277 Å². The molecule has 6 nitrogen and oxygen atoms in total. The van der Waals surface area contributed by atoms with Crippen LogP contribution in [0.5, 0.6) is 5.75 Å².